The number of carbonyl (C=O) groups is 1. The lowest BCUT2D eigenvalue weighted by Crippen LogP contribution is -2.42. The summed E-state index contributed by atoms with van der Waals surface area (Å²) in [7, 11) is 3.49. The molecule has 9 nitrogen and oxygen atoms in total. The van der Waals surface area contributed by atoms with Crippen molar-refractivity contribution < 1.29 is 23.0 Å². The van der Waals surface area contributed by atoms with Gasteiger partial charge in [-0.2, -0.15) is 5.10 Å². The first-order valence-electron chi connectivity index (χ1n) is 15.8. The standard InChI is InChI=1S/C36H36F2N6O3/c1-6-32(45)43-18-20(2)44-30(21(43)3)17-28(41-44)36-33(34-26(38)15-23(37)16-31(34)47-13-12-46-5)24-8-7-9-25(24)35(40-36)22-10-11-29-27(14-22)39-19-42(29)4/h6,10-11,14-17,19-21H,1,7-9,12-13,18H2,2-5H3. The van der Waals surface area contributed by atoms with E-state index in [1.54, 1.807) is 18.3 Å². The van der Waals surface area contributed by atoms with E-state index in [0.29, 0.717) is 29.9 Å². The largest absolute Gasteiger partial charge is 0.490 e. The summed E-state index contributed by atoms with van der Waals surface area (Å²) in [6.45, 7) is 8.46. The molecule has 242 valence electrons. The lowest BCUT2D eigenvalue weighted by Gasteiger charge is -2.36. The number of carbonyl (C=O) groups excluding carboxylic acids is 1. The Morgan fingerprint density at radius 1 is 1.06 bits per heavy atom. The van der Waals surface area contributed by atoms with Gasteiger partial charge < -0.3 is 18.9 Å². The minimum Gasteiger partial charge on any atom is -0.490 e. The normalized spacial score (nSPS) is 17.2. The van der Waals surface area contributed by atoms with Gasteiger partial charge in [0.05, 0.1) is 58.7 Å². The molecule has 47 heavy (non-hydrogen) atoms. The van der Waals surface area contributed by atoms with Crippen LogP contribution in [-0.4, -0.2) is 62.0 Å². The minimum atomic E-state index is -0.745. The second-order valence-corrected chi connectivity index (χ2v) is 12.3. The van der Waals surface area contributed by atoms with Crippen molar-refractivity contribution in [3.05, 3.63) is 83.8 Å². The molecular formula is C36H36F2N6O3. The Morgan fingerprint density at radius 3 is 2.66 bits per heavy atom. The highest BCUT2D eigenvalue weighted by Gasteiger charge is 2.35. The molecule has 1 amide bonds. The van der Waals surface area contributed by atoms with E-state index in [-0.39, 0.29) is 42.5 Å². The molecule has 2 aliphatic rings. The van der Waals surface area contributed by atoms with E-state index in [1.165, 1.54) is 12.1 Å². The molecule has 7 rings (SSSR count). The van der Waals surface area contributed by atoms with E-state index in [9.17, 15) is 9.18 Å². The maximum absolute atomic E-state index is 16.1. The van der Waals surface area contributed by atoms with E-state index in [4.69, 9.17) is 19.6 Å². The average molecular weight is 639 g/mol. The van der Waals surface area contributed by atoms with Crippen LogP contribution in [0.5, 0.6) is 5.75 Å². The Bertz CT molecular complexity index is 2050. The van der Waals surface area contributed by atoms with Crippen LogP contribution in [0.4, 0.5) is 8.78 Å². The zero-order chi connectivity index (χ0) is 33.0. The second-order valence-electron chi connectivity index (χ2n) is 12.3. The van der Waals surface area contributed by atoms with Crippen molar-refractivity contribution in [3.63, 3.8) is 0 Å². The molecule has 2 atom stereocenters. The first-order valence-corrected chi connectivity index (χ1v) is 15.8. The van der Waals surface area contributed by atoms with Crippen LogP contribution in [0.15, 0.2) is 55.4 Å². The van der Waals surface area contributed by atoms with Gasteiger partial charge in [-0.25, -0.2) is 18.7 Å². The number of fused-ring (bicyclic) bond motifs is 3. The minimum absolute atomic E-state index is 0.0767. The van der Waals surface area contributed by atoms with Crippen LogP contribution in [0.3, 0.4) is 0 Å². The van der Waals surface area contributed by atoms with Crippen molar-refractivity contribution in [1.82, 2.24) is 29.2 Å². The Hall–Kier alpha value is -4.90. The van der Waals surface area contributed by atoms with Crippen molar-refractivity contribution in [2.75, 3.05) is 26.9 Å². The summed E-state index contributed by atoms with van der Waals surface area (Å²) in [4.78, 5) is 24.4. The Labute approximate surface area is 271 Å². The fourth-order valence-corrected chi connectivity index (χ4v) is 7.04. The number of aryl methyl sites for hydroxylation is 1. The van der Waals surface area contributed by atoms with Gasteiger partial charge in [-0.05, 0) is 68.5 Å². The van der Waals surface area contributed by atoms with Crippen LogP contribution in [0.25, 0.3) is 44.8 Å². The van der Waals surface area contributed by atoms with Gasteiger partial charge in [-0.1, -0.05) is 12.6 Å². The van der Waals surface area contributed by atoms with Crippen molar-refractivity contribution in [2.24, 2.45) is 7.05 Å². The highest BCUT2D eigenvalue weighted by Crippen LogP contribution is 2.47. The summed E-state index contributed by atoms with van der Waals surface area (Å²) >= 11 is 0. The van der Waals surface area contributed by atoms with Gasteiger partial charge in [0, 0.05) is 44.0 Å². The number of hydrogen-bond acceptors (Lipinski definition) is 6. The van der Waals surface area contributed by atoms with Gasteiger partial charge in [0.1, 0.15) is 29.7 Å². The topological polar surface area (TPSA) is 87.3 Å². The molecule has 1 aliphatic carbocycles. The predicted octanol–water partition coefficient (Wildman–Crippen LogP) is 6.61. The second kappa shape index (κ2) is 12.0. The van der Waals surface area contributed by atoms with Gasteiger partial charge in [-0.15, -0.1) is 0 Å². The van der Waals surface area contributed by atoms with Crippen molar-refractivity contribution in [2.45, 2.75) is 45.2 Å². The predicted molar refractivity (Wildman–Crippen MR) is 175 cm³/mol. The zero-order valence-electron chi connectivity index (χ0n) is 26.9. The molecule has 4 heterocycles. The Morgan fingerprint density at radius 2 is 1.87 bits per heavy atom. The van der Waals surface area contributed by atoms with Crippen LogP contribution >= 0.6 is 0 Å². The Kier molecular flexibility index (Phi) is 7.87. The number of imidazole rings is 1. The summed E-state index contributed by atoms with van der Waals surface area (Å²) in [6.07, 6.45) is 5.38. The van der Waals surface area contributed by atoms with Crippen molar-refractivity contribution >= 4 is 16.9 Å². The van der Waals surface area contributed by atoms with Gasteiger partial charge in [0.2, 0.25) is 5.91 Å². The van der Waals surface area contributed by atoms with E-state index < -0.39 is 11.6 Å². The highest BCUT2D eigenvalue weighted by molar-refractivity contribution is 5.91. The fraction of sp³-hybridized carbons (Fsp3) is 0.333. The summed E-state index contributed by atoms with van der Waals surface area (Å²) in [5, 5.41) is 5.04. The molecule has 1 aliphatic heterocycles. The monoisotopic (exact) mass is 638 g/mol. The molecule has 2 unspecified atom stereocenters. The molecule has 0 N–H and O–H groups in total. The van der Waals surface area contributed by atoms with Gasteiger partial charge in [0.15, 0.2) is 0 Å². The number of amides is 1. The number of aromatic nitrogens is 5. The third-order valence-electron chi connectivity index (χ3n) is 9.32. The van der Waals surface area contributed by atoms with Crippen LogP contribution in [0, 0.1) is 11.6 Å². The first-order chi connectivity index (χ1) is 22.7. The number of pyridine rings is 1. The number of halogens is 2. The summed E-state index contributed by atoms with van der Waals surface area (Å²) < 4.78 is 45.8. The fourth-order valence-electron chi connectivity index (χ4n) is 7.04. The molecule has 5 aromatic rings. The number of methoxy groups -OCH3 is 1. The van der Waals surface area contributed by atoms with Crippen LogP contribution < -0.4 is 4.74 Å². The van der Waals surface area contributed by atoms with Crippen LogP contribution in [0.1, 0.15) is 49.2 Å². The van der Waals surface area contributed by atoms with E-state index >= 15 is 4.39 Å². The number of ether oxygens (including phenoxy) is 2. The highest BCUT2D eigenvalue weighted by atomic mass is 19.1. The number of hydrogen-bond donors (Lipinski definition) is 0. The zero-order valence-corrected chi connectivity index (χ0v) is 26.9. The lowest BCUT2D eigenvalue weighted by molar-refractivity contribution is -0.129. The van der Waals surface area contributed by atoms with Gasteiger partial charge in [-0.3, -0.25) is 9.48 Å². The molecular weight excluding hydrogens is 602 g/mol. The molecule has 0 saturated carbocycles. The van der Waals surface area contributed by atoms with E-state index in [1.807, 2.05) is 54.4 Å². The smallest absolute Gasteiger partial charge is 0.246 e. The molecule has 0 saturated heterocycles. The van der Waals surface area contributed by atoms with E-state index in [2.05, 4.69) is 11.6 Å². The summed E-state index contributed by atoms with van der Waals surface area (Å²) in [6, 6.07) is 9.70. The Balaban J connectivity index is 1.50. The third kappa shape index (κ3) is 5.18. The molecule has 0 bridgehead atoms. The maximum atomic E-state index is 16.1. The molecule has 11 heteroatoms. The molecule has 3 aromatic heterocycles. The number of nitrogens with zero attached hydrogens (tertiary/aromatic N) is 6. The number of benzene rings is 2. The SMILES string of the molecule is C=CC(=O)N1CC(C)n2nc(-c3nc(-c4ccc5c(c4)ncn5C)c4c(c3-c3c(F)cc(F)cc3OCCOC)CCC4)cc2C1C. The maximum Gasteiger partial charge on any atom is 0.246 e. The number of rotatable bonds is 8. The first kappa shape index (κ1) is 30.7. The molecule has 0 radical (unpaired) electrons. The van der Waals surface area contributed by atoms with Crippen molar-refractivity contribution in [3.8, 4) is 39.5 Å². The molecule has 2 aromatic carbocycles. The van der Waals surface area contributed by atoms with Crippen molar-refractivity contribution in [1.29, 1.82) is 0 Å². The van der Waals surface area contributed by atoms with Crippen LogP contribution in [-0.2, 0) is 29.4 Å². The molecule has 0 fully saturated rings. The van der Waals surface area contributed by atoms with Gasteiger partial charge >= 0.3 is 0 Å². The van der Waals surface area contributed by atoms with Crippen LogP contribution in [0.2, 0.25) is 0 Å². The summed E-state index contributed by atoms with van der Waals surface area (Å²) in [5.74, 6) is -1.57. The summed E-state index contributed by atoms with van der Waals surface area (Å²) in [5.41, 5.74) is 7.97. The average Bonchev–Trinajstić information content (AvgIpc) is 3.81. The quantitative estimate of drug-likeness (QED) is 0.141. The lowest BCUT2D eigenvalue weighted by atomic mass is 9.90. The van der Waals surface area contributed by atoms with E-state index in [0.717, 1.165) is 58.0 Å². The molecule has 0 spiro atoms. The van der Waals surface area contributed by atoms with Gasteiger partial charge in [0.25, 0.3) is 0 Å². The third-order valence-corrected chi connectivity index (χ3v) is 9.32.